The Kier molecular flexibility index (Phi) is 6.04. The minimum absolute atomic E-state index is 0.0460. The molecule has 0 bridgehead atoms. The fraction of sp³-hybridized carbons (Fsp3) is 0.444. The summed E-state index contributed by atoms with van der Waals surface area (Å²) in [5.41, 5.74) is 0.455. The Morgan fingerprint density at radius 1 is 1.38 bits per heavy atom. The van der Waals surface area contributed by atoms with Gasteiger partial charge in [0.25, 0.3) is 0 Å². The van der Waals surface area contributed by atoms with Gasteiger partial charge in [0, 0.05) is 0 Å². The second-order valence-corrected chi connectivity index (χ2v) is 7.56. The van der Waals surface area contributed by atoms with Gasteiger partial charge in [-0.2, -0.15) is 0 Å². The van der Waals surface area contributed by atoms with E-state index in [1.807, 2.05) is 30.3 Å². The molecule has 2 rings (SSSR count). The van der Waals surface area contributed by atoms with Gasteiger partial charge < -0.3 is 14.8 Å². The number of hydrogen-bond donors (Lipinski definition) is 1. The van der Waals surface area contributed by atoms with Crippen LogP contribution in [0.5, 0.6) is 0 Å². The molecule has 1 heterocycles. The lowest BCUT2D eigenvalue weighted by atomic mass is 9.97. The summed E-state index contributed by atoms with van der Waals surface area (Å²) in [6, 6.07) is 9.37. The first-order valence-corrected chi connectivity index (χ1v) is 8.61. The second-order valence-electron chi connectivity index (χ2n) is 6.71. The molecule has 1 aliphatic heterocycles. The third-order valence-corrected chi connectivity index (χ3v) is 4.08. The summed E-state index contributed by atoms with van der Waals surface area (Å²) in [4.78, 5) is 24.1. The number of alkyl carbamates (subject to hydrolysis) is 1. The van der Waals surface area contributed by atoms with E-state index in [1.54, 1.807) is 20.8 Å². The maximum Gasteiger partial charge on any atom is 0.408 e. The molecule has 2 atom stereocenters. The van der Waals surface area contributed by atoms with Gasteiger partial charge in [0.1, 0.15) is 18.0 Å². The van der Waals surface area contributed by atoms with Gasteiger partial charge in [0.2, 0.25) is 0 Å². The first-order chi connectivity index (χ1) is 11.2. The van der Waals surface area contributed by atoms with Crippen molar-refractivity contribution in [3.05, 3.63) is 46.6 Å². The van der Waals surface area contributed by atoms with Crippen LogP contribution in [-0.2, 0) is 20.7 Å². The normalized spacial score (nSPS) is 19.1. The highest BCUT2D eigenvalue weighted by atomic mass is 79.9. The fourth-order valence-electron chi connectivity index (χ4n) is 2.38. The Hall–Kier alpha value is -1.82. The molecule has 0 aromatic heterocycles. The summed E-state index contributed by atoms with van der Waals surface area (Å²) in [7, 11) is 0. The number of Topliss-reactive ketones (excluding diaryl/α,β-unsaturated/α-hetero) is 1. The molecular weight excluding hydrogens is 374 g/mol. The van der Waals surface area contributed by atoms with Crippen molar-refractivity contribution in [3.63, 3.8) is 0 Å². The van der Waals surface area contributed by atoms with Crippen molar-refractivity contribution in [1.82, 2.24) is 5.32 Å². The zero-order valence-electron chi connectivity index (χ0n) is 14.0. The number of ether oxygens (including phenoxy) is 2. The van der Waals surface area contributed by atoms with E-state index in [9.17, 15) is 9.59 Å². The van der Waals surface area contributed by atoms with E-state index in [4.69, 9.17) is 9.47 Å². The van der Waals surface area contributed by atoms with E-state index in [1.165, 1.54) is 6.26 Å². The summed E-state index contributed by atoms with van der Waals surface area (Å²) < 4.78 is 11.4. The molecule has 0 fully saturated rings. The first kappa shape index (κ1) is 18.5. The average Bonchev–Trinajstić information content (AvgIpc) is 2.48. The number of allylic oxidation sites excluding steroid dienone is 1. The van der Waals surface area contributed by atoms with Crippen LogP contribution >= 0.6 is 15.9 Å². The zero-order chi connectivity index (χ0) is 17.7. The Morgan fingerprint density at radius 2 is 2.04 bits per heavy atom. The van der Waals surface area contributed by atoms with E-state index in [-0.39, 0.29) is 18.2 Å². The van der Waals surface area contributed by atoms with Crippen LogP contribution < -0.4 is 5.32 Å². The molecule has 24 heavy (non-hydrogen) atoms. The first-order valence-electron chi connectivity index (χ1n) is 7.82. The number of carbonyl (C=O) groups is 2. The van der Waals surface area contributed by atoms with Gasteiger partial charge >= 0.3 is 6.09 Å². The Morgan fingerprint density at radius 3 is 2.62 bits per heavy atom. The number of benzene rings is 1. The molecule has 0 aliphatic carbocycles. The van der Waals surface area contributed by atoms with Gasteiger partial charge in [-0.1, -0.05) is 30.3 Å². The van der Waals surface area contributed by atoms with E-state index < -0.39 is 17.8 Å². The van der Waals surface area contributed by atoms with Crippen molar-refractivity contribution < 1.29 is 19.1 Å². The van der Waals surface area contributed by atoms with Crippen molar-refractivity contribution in [2.24, 2.45) is 0 Å². The quantitative estimate of drug-likeness (QED) is 0.843. The smallest absolute Gasteiger partial charge is 0.408 e. The number of halogens is 1. The third kappa shape index (κ3) is 5.67. The molecule has 0 saturated carbocycles. The molecule has 1 aromatic carbocycles. The number of carbonyl (C=O) groups excluding carboxylic acids is 2. The molecule has 1 aromatic rings. The molecule has 0 saturated heterocycles. The summed E-state index contributed by atoms with van der Waals surface area (Å²) in [5.74, 6) is -0.0460. The van der Waals surface area contributed by atoms with Gasteiger partial charge in [-0.05, 0) is 48.7 Å². The van der Waals surface area contributed by atoms with Crippen LogP contribution in [0.4, 0.5) is 4.79 Å². The largest absolute Gasteiger partial charge is 0.494 e. The summed E-state index contributed by atoms with van der Waals surface area (Å²) >= 11 is 3.16. The van der Waals surface area contributed by atoms with Crippen molar-refractivity contribution in [3.8, 4) is 0 Å². The van der Waals surface area contributed by atoms with Crippen molar-refractivity contribution >= 4 is 27.8 Å². The van der Waals surface area contributed by atoms with E-state index in [2.05, 4.69) is 21.2 Å². The highest BCUT2D eigenvalue weighted by Crippen LogP contribution is 2.22. The van der Waals surface area contributed by atoms with Gasteiger partial charge in [0.15, 0.2) is 5.78 Å². The third-order valence-electron chi connectivity index (χ3n) is 3.45. The highest BCUT2D eigenvalue weighted by Gasteiger charge is 2.31. The molecule has 130 valence electrons. The molecular formula is C18H22BrNO4. The molecule has 0 unspecified atom stereocenters. The average molecular weight is 396 g/mol. The lowest BCUT2D eigenvalue weighted by molar-refractivity contribution is -0.118. The van der Waals surface area contributed by atoms with E-state index >= 15 is 0 Å². The van der Waals surface area contributed by atoms with E-state index in [0.717, 1.165) is 5.56 Å². The maximum absolute atomic E-state index is 12.1. The Balaban J connectivity index is 2.12. The Bertz CT molecular complexity index is 622. The van der Waals surface area contributed by atoms with Gasteiger partial charge in [-0.15, -0.1) is 0 Å². The number of ketones is 1. The summed E-state index contributed by atoms with van der Waals surface area (Å²) in [6.07, 6.45) is 1.18. The van der Waals surface area contributed by atoms with Crippen LogP contribution in [0.15, 0.2) is 41.1 Å². The molecule has 5 nitrogen and oxygen atoms in total. The fourth-order valence-corrected chi connectivity index (χ4v) is 2.65. The number of hydrogen-bond acceptors (Lipinski definition) is 4. The standard InChI is InChI=1S/C18H22BrNO4/c1-18(2,3)24-17(22)20-14(9-12-7-5-4-6-8-12)16-10-15(21)13(19)11-23-16/h4-8,11,14,16H,9-10H2,1-3H3,(H,20,22)/t14-,16-/m1/s1. The summed E-state index contributed by atoms with van der Waals surface area (Å²) in [6.45, 7) is 5.41. The maximum atomic E-state index is 12.1. The van der Waals surface area contributed by atoms with E-state index in [0.29, 0.717) is 10.9 Å². The number of rotatable bonds is 4. The van der Waals surface area contributed by atoms with Crippen molar-refractivity contribution in [2.75, 3.05) is 0 Å². The van der Waals surface area contributed by atoms with Crippen molar-refractivity contribution in [1.29, 1.82) is 0 Å². The summed E-state index contributed by atoms with van der Waals surface area (Å²) in [5, 5.41) is 2.84. The minimum atomic E-state index is -0.590. The zero-order valence-corrected chi connectivity index (χ0v) is 15.6. The van der Waals surface area contributed by atoms with Crippen molar-refractivity contribution in [2.45, 2.75) is 51.4 Å². The molecule has 1 amide bonds. The van der Waals surface area contributed by atoms with Crippen LogP contribution in [0.2, 0.25) is 0 Å². The van der Waals surface area contributed by atoms with Crippen LogP contribution in [0, 0.1) is 0 Å². The number of amides is 1. The highest BCUT2D eigenvalue weighted by molar-refractivity contribution is 9.12. The van der Waals surface area contributed by atoms with Crippen LogP contribution in [0.3, 0.4) is 0 Å². The lowest BCUT2D eigenvalue weighted by Crippen LogP contribution is -2.48. The Labute approximate surface area is 150 Å². The van der Waals surface area contributed by atoms with Crippen LogP contribution in [-0.4, -0.2) is 29.6 Å². The molecule has 1 aliphatic rings. The molecule has 6 heteroatoms. The minimum Gasteiger partial charge on any atom is -0.494 e. The molecule has 1 N–H and O–H groups in total. The van der Waals surface area contributed by atoms with Gasteiger partial charge in [0.05, 0.1) is 16.9 Å². The predicted octanol–water partition coefficient (Wildman–Crippen LogP) is 3.72. The topological polar surface area (TPSA) is 64.6 Å². The van der Waals surface area contributed by atoms with Gasteiger partial charge in [-0.3, -0.25) is 4.79 Å². The SMILES string of the molecule is CC(C)(C)OC(=O)N[C@H](Cc1ccccc1)[C@H]1CC(=O)C(Br)=CO1. The molecule has 0 spiro atoms. The van der Waals surface area contributed by atoms with Crippen LogP contribution in [0.25, 0.3) is 0 Å². The molecule has 0 radical (unpaired) electrons. The lowest BCUT2D eigenvalue weighted by Gasteiger charge is -2.30. The number of nitrogens with one attached hydrogen (secondary N) is 1. The second kappa shape index (κ2) is 7.83. The predicted molar refractivity (Wildman–Crippen MR) is 94.8 cm³/mol. The monoisotopic (exact) mass is 395 g/mol. The van der Waals surface area contributed by atoms with Gasteiger partial charge in [-0.25, -0.2) is 4.79 Å². The van der Waals surface area contributed by atoms with Crippen LogP contribution in [0.1, 0.15) is 32.8 Å².